The van der Waals surface area contributed by atoms with Crippen molar-refractivity contribution >= 4 is 5.96 Å². The predicted molar refractivity (Wildman–Crippen MR) is 112 cm³/mol. The Labute approximate surface area is 169 Å². The third-order valence-corrected chi connectivity index (χ3v) is 6.58. The van der Waals surface area contributed by atoms with Gasteiger partial charge in [0.1, 0.15) is 0 Å². The van der Waals surface area contributed by atoms with E-state index >= 15 is 0 Å². The minimum absolute atomic E-state index is 0.347. The normalized spacial score (nSPS) is 22.5. The lowest BCUT2D eigenvalue weighted by molar-refractivity contribution is -0.0390. The Bertz CT molecular complexity index is 648. The Kier molecular flexibility index (Phi) is 6.53. The zero-order valence-corrected chi connectivity index (χ0v) is 17.3. The first-order valence-electron chi connectivity index (χ1n) is 11.1. The molecule has 2 saturated heterocycles. The molecule has 1 saturated carbocycles. The van der Waals surface area contributed by atoms with Crippen molar-refractivity contribution in [3.63, 3.8) is 0 Å². The van der Waals surface area contributed by atoms with E-state index in [0.29, 0.717) is 18.1 Å². The van der Waals surface area contributed by atoms with Crippen LogP contribution in [0.4, 0.5) is 0 Å². The highest BCUT2D eigenvalue weighted by molar-refractivity contribution is 5.80. The Balaban J connectivity index is 1.29. The number of benzene rings is 1. The fourth-order valence-electron chi connectivity index (χ4n) is 4.59. The average molecular weight is 386 g/mol. The van der Waals surface area contributed by atoms with E-state index in [0.717, 1.165) is 51.6 Å². The molecule has 0 atom stereocenters. The molecule has 1 spiro atoms. The summed E-state index contributed by atoms with van der Waals surface area (Å²) in [6.45, 7) is 8.47. The molecular formula is C23H35N3O2. The van der Waals surface area contributed by atoms with Gasteiger partial charge in [0.2, 0.25) is 0 Å². The zero-order valence-electron chi connectivity index (χ0n) is 17.3. The topological polar surface area (TPSA) is 46.1 Å². The van der Waals surface area contributed by atoms with Crippen LogP contribution in [0.1, 0.15) is 56.6 Å². The number of rotatable bonds is 6. The van der Waals surface area contributed by atoms with Crippen LogP contribution >= 0.6 is 0 Å². The van der Waals surface area contributed by atoms with Crippen molar-refractivity contribution in [1.82, 2.24) is 10.2 Å². The lowest BCUT2D eigenvalue weighted by Crippen LogP contribution is -2.42. The van der Waals surface area contributed by atoms with E-state index in [-0.39, 0.29) is 0 Å². The van der Waals surface area contributed by atoms with Gasteiger partial charge < -0.3 is 19.7 Å². The Morgan fingerprint density at radius 1 is 1.18 bits per heavy atom. The largest absolute Gasteiger partial charge is 0.381 e. The van der Waals surface area contributed by atoms with Gasteiger partial charge in [-0.15, -0.1) is 0 Å². The molecule has 2 heterocycles. The molecule has 3 fully saturated rings. The third-order valence-electron chi connectivity index (χ3n) is 6.58. The van der Waals surface area contributed by atoms with Crippen LogP contribution in [-0.4, -0.2) is 49.8 Å². The number of hydrogen-bond donors (Lipinski definition) is 1. The summed E-state index contributed by atoms with van der Waals surface area (Å²) in [5.41, 5.74) is 3.09. The maximum Gasteiger partial charge on any atom is 0.194 e. The molecule has 0 amide bonds. The van der Waals surface area contributed by atoms with Gasteiger partial charge in [-0.2, -0.15) is 0 Å². The van der Waals surface area contributed by atoms with Crippen molar-refractivity contribution in [3.05, 3.63) is 35.4 Å². The number of hydrogen-bond acceptors (Lipinski definition) is 3. The maximum atomic E-state index is 6.02. The molecule has 1 aliphatic carbocycles. The molecule has 0 radical (unpaired) electrons. The summed E-state index contributed by atoms with van der Waals surface area (Å²) in [5.74, 6) is 1.08. The molecule has 4 rings (SSSR count). The number of nitrogens with zero attached hydrogens (tertiary/aromatic N) is 2. The quantitative estimate of drug-likeness (QED) is 0.599. The van der Waals surface area contributed by atoms with Gasteiger partial charge in [0.05, 0.1) is 19.3 Å². The van der Waals surface area contributed by atoms with Crippen LogP contribution < -0.4 is 5.32 Å². The monoisotopic (exact) mass is 385 g/mol. The van der Waals surface area contributed by atoms with E-state index in [4.69, 9.17) is 14.5 Å². The van der Waals surface area contributed by atoms with E-state index in [1.165, 1.54) is 43.4 Å². The van der Waals surface area contributed by atoms with Gasteiger partial charge in [-0.3, -0.25) is 0 Å². The molecule has 0 bridgehead atoms. The van der Waals surface area contributed by atoms with Crippen LogP contribution in [-0.2, 0) is 22.6 Å². The summed E-state index contributed by atoms with van der Waals surface area (Å²) >= 11 is 0. The average Bonchev–Trinajstić information content (AvgIpc) is 3.17. The lowest BCUT2D eigenvalue weighted by Gasteiger charge is -2.38. The van der Waals surface area contributed by atoms with Crippen LogP contribution in [0.3, 0.4) is 0 Å². The number of guanidine groups is 1. The third kappa shape index (κ3) is 4.87. The molecule has 1 aromatic rings. The second-order valence-electron chi connectivity index (χ2n) is 8.63. The van der Waals surface area contributed by atoms with Crippen molar-refractivity contribution in [3.8, 4) is 0 Å². The van der Waals surface area contributed by atoms with Gasteiger partial charge in [0.15, 0.2) is 5.96 Å². The Hall–Kier alpha value is -1.59. The van der Waals surface area contributed by atoms with E-state index in [1.54, 1.807) is 0 Å². The van der Waals surface area contributed by atoms with Crippen LogP contribution in [0.25, 0.3) is 0 Å². The number of aliphatic imine (C=N–C) groups is 1. The van der Waals surface area contributed by atoms with Crippen molar-refractivity contribution < 1.29 is 9.47 Å². The minimum Gasteiger partial charge on any atom is -0.381 e. The molecule has 2 aliphatic heterocycles. The van der Waals surface area contributed by atoms with Gasteiger partial charge in [-0.25, -0.2) is 4.99 Å². The van der Waals surface area contributed by atoms with Crippen LogP contribution in [0.5, 0.6) is 0 Å². The highest BCUT2D eigenvalue weighted by Gasteiger charge is 2.43. The van der Waals surface area contributed by atoms with Crippen molar-refractivity contribution in [2.75, 3.05) is 32.8 Å². The molecule has 154 valence electrons. The number of nitrogens with one attached hydrogen (secondary N) is 1. The van der Waals surface area contributed by atoms with E-state index in [2.05, 4.69) is 41.4 Å². The fourth-order valence-corrected chi connectivity index (χ4v) is 4.59. The first-order chi connectivity index (χ1) is 13.8. The number of likely N-dealkylation sites (tertiary alicyclic amines) is 1. The summed E-state index contributed by atoms with van der Waals surface area (Å²) in [6.07, 6.45) is 7.92. The highest BCUT2D eigenvalue weighted by Crippen LogP contribution is 2.47. The van der Waals surface area contributed by atoms with Gasteiger partial charge in [0.25, 0.3) is 0 Å². The second kappa shape index (κ2) is 9.27. The predicted octanol–water partition coefficient (Wildman–Crippen LogP) is 3.72. The highest BCUT2D eigenvalue weighted by atomic mass is 16.5. The summed E-state index contributed by atoms with van der Waals surface area (Å²) in [5, 5.41) is 3.49. The van der Waals surface area contributed by atoms with Gasteiger partial charge in [-0.1, -0.05) is 30.7 Å². The van der Waals surface area contributed by atoms with Crippen LogP contribution in [0.15, 0.2) is 29.3 Å². The van der Waals surface area contributed by atoms with Gasteiger partial charge >= 0.3 is 0 Å². The van der Waals surface area contributed by atoms with E-state index in [9.17, 15) is 0 Å². The molecule has 0 unspecified atom stereocenters. The molecule has 5 nitrogen and oxygen atoms in total. The maximum absolute atomic E-state index is 6.02. The molecular weight excluding hydrogens is 350 g/mol. The van der Waals surface area contributed by atoms with Gasteiger partial charge in [-0.05, 0) is 55.6 Å². The molecule has 0 aromatic heterocycles. The van der Waals surface area contributed by atoms with Crippen molar-refractivity contribution in [2.45, 2.75) is 64.7 Å². The zero-order chi connectivity index (χ0) is 19.2. The molecule has 5 heteroatoms. The fraction of sp³-hybridized carbons (Fsp3) is 0.696. The first kappa shape index (κ1) is 19.7. The summed E-state index contributed by atoms with van der Waals surface area (Å²) in [4.78, 5) is 7.40. The summed E-state index contributed by atoms with van der Waals surface area (Å²) in [6, 6.07) is 8.73. The standard InChI is InChI=1S/C23H35N3O2/c1-2-24-22(26-13-12-23(18-26)10-3-11-23)25-16-19-4-6-20(7-5-19)17-28-21-8-14-27-15-9-21/h4-7,21H,2-3,8-18H2,1H3,(H,24,25). The Morgan fingerprint density at radius 3 is 2.57 bits per heavy atom. The Morgan fingerprint density at radius 2 is 1.93 bits per heavy atom. The summed E-state index contributed by atoms with van der Waals surface area (Å²) < 4.78 is 11.4. The smallest absolute Gasteiger partial charge is 0.194 e. The first-order valence-corrected chi connectivity index (χ1v) is 11.1. The van der Waals surface area contributed by atoms with Gasteiger partial charge in [0, 0.05) is 32.8 Å². The van der Waals surface area contributed by atoms with Crippen LogP contribution in [0.2, 0.25) is 0 Å². The molecule has 1 aromatic carbocycles. The lowest BCUT2D eigenvalue weighted by atomic mass is 9.68. The second-order valence-corrected chi connectivity index (χ2v) is 8.63. The van der Waals surface area contributed by atoms with Crippen molar-refractivity contribution in [2.24, 2.45) is 10.4 Å². The molecule has 28 heavy (non-hydrogen) atoms. The minimum atomic E-state index is 0.347. The number of ether oxygens (including phenoxy) is 2. The van der Waals surface area contributed by atoms with Crippen LogP contribution in [0, 0.1) is 5.41 Å². The van der Waals surface area contributed by atoms with Crippen molar-refractivity contribution in [1.29, 1.82) is 0 Å². The summed E-state index contributed by atoms with van der Waals surface area (Å²) in [7, 11) is 0. The van der Waals surface area contributed by atoms with E-state index < -0.39 is 0 Å². The van der Waals surface area contributed by atoms with E-state index in [1.807, 2.05) is 0 Å². The SMILES string of the molecule is CCNC(=NCc1ccc(COC2CCOCC2)cc1)N1CCC2(CCC2)C1. The molecule has 1 N–H and O–H groups in total. The molecule has 3 aliphatic rings.